The third-order valence-corrected chi connectivity index (χ3v) is 3.55. The molecule has 4 heteroatoms. The number of benzene rings is 2. The number of hydrogen-bond donors (Lipinski definition) is 2. The largest absolute Gasteiger partial charge is 0.508 e. The Hall–Kier alpha value is -1.94. The molecule has 2 aromatic carbocycles. The summed E-state index contributed by atoms with van der Waals surface area (Å²) >= 11 is 1.66. The first-order valence-electron chi connectivity index (χ1n) is 5.85. The van der Waals surface area contributed by atoms with Crippen LogP contribution in [0.4, 0.5) is 5.69 Å². The van der Waals surface area contributed by atoms with Gasteiger partial charge < -0.3 is 10.4 Å². The zero-order valence-electron chi connectivity index (χ0n) is 10.8. The van der Waals surface area contributed by atoms with Gasteiger partial charge in [0.1, 0.15) is 5.75 Å². The molecule has 19 heavy (non-hydrogen) atoms. The lowest BCUT2D eigenvalue weighted by Crippen LogP contribution is -2.11. The second-order valence-corrected chi connectivity index (χ2v) is 5.06. The van der Waals surface area contributed by atoms with Crippen molar-refractivity contribution in [3.63, 3.8) is 0 Å². The van der Waals surface area contributed by atoms with Gasteiger partial charge in [0.2, 0.25) is 0 Å². The van der Waals surface area contributed by atoms with Crippen LogP contribution >= 0.6 is 11.8 Å². The van der Waals surface area contributed by atoms with Crippen LogP contribution in [0.25, 0.3) is 0 Å². The fraction of sp³-hybridized carbons (Fsp3) is 0.133. The first-order valence-corrected chi connectivity index (χ1v) is 7.07. The number of carbonyl (C=O) groups is 1. The second kappa shape index (κ2) is 5.80. The minimum Gasteiger partial charge on any atom is -0.508 e. The van der Waals surface area contributed by atoms with Gasteiger partial charge in [-0.25, -0.2) is 0 Å². The second-order valence-electron chi connectivity index (χ2n) is 4.18. The smallest absolute Gasteiger partial charge is 0.255 e. The normalized spacial score (nSPS) is 10.2. The molecule has 0 aliphatic heterocycles. The molecule has 0 aromatic heterocycles. The molecule has 0 bridgehead atoms. The van der Waals surface area contributed by atoms with E-state index in [1.54, 1.807) is 30.8 Å². The highest BCUT2D eigenvalue weighted by Crippen LogP contribution is 2.20. The molecule has 2 rings (SSSR count). The maximum Gasteiger partial charge on any atom is 0.255 e. The van der Waals surface area contributed by atoms with E-state index < -0.39 is 0 Å². The van der Waals surface area contributed by atoms with Crippen molar-refractivity contribution < 1.29 is 9.90 Å². The van der Waals surface area contributed by atoms with Gasteiger partial charge in [0.05, 0.1) is 0 Å². The fourth-order valence-electron chi connectivity index (χ4n) is 1.67. The van der Waals surface area contributed by atoms with E-state index in [9.17, 15) is 9.90 Å². The van der Waals surface area contributed by atoms with Gasteiger partial charge in [0.25, 0.3) is 5.91 Å². The van der Waals surface area contributed by atoms with Crippen molar-refractivity contribution in [2.24, 2.45) is 0 Å². The third-order valence-electron chi connectivity index (χ3n) is 2.81. The highest BCUT2D eigenvalue weighted by molar-refractivity contribution is 7.98. The maximum absolute atomic E-state index is 12.0. The average molecular weight is 273 g/mol. The Morgan fingerprint density at radius 1 is 1.16 bits per heavy atom. The van der Waals surface area contributed by atoms with E-state index in [1.807, 2.05) is 30.5 Å². The number of rotatable bonds is 3. The van der Waals surface area contributed by atoms with E-state index in [1.165, 1.54) is 6.07 Å². The molecule has 2 N–H and O–H groups in total. The van der Waals surface area contributed by atoms with Crippen LogP contribution < -0.4 is 5.32 Å². The lowest BCUT2D eigenvalue weighted by atomic mass is 10.1. The summed E-state index contributed by atoms with van der Waals surface area (Å²) < 4.78 is 0. The molecular formula is C15H15NO2S. The van der Waals surface area contributed by atoms with Crippen LogP contribution in [0.3, 0.4) is 0 Å². The predicted molar refractivity (Wildman–Crippen MR) is 79.0 cm³/mol. The van der Waals surface area contributed by atoms with Crippen molar-refractivity contribution in [1.82, 2.24) is 0 Å². The molecular weight excluding hydrogens is 258 g/mol. The van der Waals surface area contributed by atoms with Gasteiger partial charge in [-0.05, 0) is 61.2 Å². The number of thioether (sulfide) groups is 1. The van der Waals surface area contributed by atoms with Crippen molar-refractivity contribution in [2.75, 3.05) is 11.6 Å². The van der Waals surface area contributed by atoms with Gasteiger partial charge in [0.15, 0.2) is 0 Å². The van der Waals surface area contributed by atoms with Crippen LogP contribution in [-0.2, 0) is 0 Å². The number of carbonyl (C=O) groups excluding carboxylic acids is 1. The number of phenols is 1. The summed E-state index contributed by atoms with van der Waals surface area (Å²) in [5.74, 6) is 0.0147. The van der Waals surface area contributed by atoms with Gasteiger partial charge >= 0.3 is 0 Å². The van der Waals surface area contributed by atoms with Crippen LogP contribution in [-0.4, -0.2) is 17.3 Å². The fourth-order valence-corrected chi connectivity index (χ4v) is 2.08. The van der Waals surface area contributed by atoms with E-state index in [0.717, 1.165) is 10.6 Å². The van der Waals surface area contributed by atoms with Gasteiger partial charge in [0, 0.05) is 16.1 Å². The molecule has 0 radical (unpaired) electrons. The highest BCUT2D eigenvalue weighted by Gasteiger charge is 2.07. The molecule has 2 aromatic rings. The van der Waals surface area contributed by atoms with Crippen molar-refractivity contribution in [1.29, 1.82) is 0 Å². The molecule has 1 amide bonds. The van der Waals surface area contributed by atoms with Gasteiger partial charge in [-0.3, -0.25) is 4.79 Å². The molecule has 0 aliphatic carbocycles. The Morgan fingerprint density at radius 2 is 1.84 bits per heavy atom. The average Bonchev–Trinajstić information content (AvgIpc) is 2.42. The summed E-state index contributed by atoms with van der Waals surface area (Å²) in [6.45, 7) is 1.76. The van der Waals surface area contributed by atoms with Crippen molar-refractivity contribution in [2.45, 2.75) is 11.8 Å². The lowest BCUT2D eigenvalue weighted by molar-refractivity contribution is 0.102. The number of aromatic hydroxyl groups is 1. The summed E-state index contributed by atoms with van der Waals surface area (Å²) in [4.78, 5) is 13.2. The van der Waals surface area contributed by atoms with Crippen molar-refractivity contribution in [3.05, 3.63) is 53.6 Å². The van der Waals surface area contributed by atoms with E-state index >= 15 is 0 Å². The SMILES string of the molecule is CSc1ccc(NC(=O)c2ccc(O)c(C)c2)cc1. The molecule has 0 saturated heterocycles. The van der Waals surface area contributed by atoms with E-state index in [2.05, 4.69) is 5.32 Å². The molecule has 0 heterocycles. The van der Waals surface area contributed by atoms with Crippen LogP contribution in [0.1, 0.15) is 15.9 Å². The van der Waals surface area contributed by atoms with Crippen LogP contribution in [0.5, 0.6) is 5.75 Å². The van der Waals surface area contributed by atoms with Crippen molar-refractivity contribution >= 4 is 23.4 Å². The van der Waals surface area contributed by atoms with Gasteiger partial charge in [-0.15, -0.1) is 11.8 Å². The zero-order valence-corrected chi connectivity index (χ0v) is 11.6. The maximum atomic E-state index is 12.0. The van der Waals surface area contributed by atoms with Gasteiger partial charge in [-0.1, -0.05) is 0 Å². The van der Waals surface area contributed by atoms with Crippen LogP contribution in [0, 0.1) is 6.92 Å². The molecule has 3 nitrogen and oxygen atoms in total. The number of nitrogens with one attached hydrogen (secondary N) is 1. The quantitative estimate of drug-likeness (QED) is 0.839. The van der Waals surface area contributed by atoms with Crippen LogP contribution in [0.2, 0.25) is 0 Å². The molecule has 0 saturated carbocycles. The number of hydrogen-bond acceptors (Lipinski definition) is 3. The number of amides is 1. The lowest BCUT2D eigenvalue weighted by Gasteiger charge is -2.07. The number of anilines is 1. The summed E-state index contributed by atoms with van der Waals surface area (Å²) in [6.07, 6.45) is 2.01. The van der Waals surface area contributed by atoms with Gasteiger partial charge in [-0.2, -0.15) is 0 Å². The van der Waals surface area contributed by atoms with Crippen molar-refractivity contribution in [3.8, 4) is 5.75 Å². The number of phenolic OH excluding ortho intramolecular Hbond substituents is 1. The predicted octanol–water partition coefficient (Wildman–Crippen LogP) is 3.67. The molecule has 0 spiro atoms. The Labute approximate surface area is 116 Å². The topological polar surface area (TPSA) is 49.3 Å². The molecule has 0 aliphatic rings. The zero-order chi connectivity index (χ0) is 13.8. The summed E-state index contributed by atoms with van der Waals surface area (Å²) in [6, 6.07) is 12.5. The first kappa shape index (κ1) is 13.5. The monoisotopic (exact) mass is 273 g/mol. The minimum absolute atomic E-state index is 0.181. The Morgan fingerprint density at radius 3 is 2.42 bits per heavy atom. The molecule has 0 atom stereocenters. The molecule has 98 valence electrons. The third kappa shape index (κ3) is 3.29. The summed E-state index contributed by atoms with van der Waals surface area (Å²) in [5, 5.41) is 12.3. The standard InChI is InChI=1S/C15H15NO2S/c1-10-9-11(3-8-14(10)17)15(18)16-12-4-6-13(19-2)7-5-12/h3-9,17H,1-2H3,(H,16,18). The van der Waals surface area contributed by atoms with Crippen LogP contribution in [0.15, 0.2) is 47.4 Å². The minimum atomic E-state index is -0.181. The Bertz CT molecular complexity index is 594. The summed E-state index contributed by atoms with van der Waals surface area (Å²) in [5.41, 5.74) is 1.98. The van der Waals surface area contributed by atoms with E-state index in [0.29, 0.717) is 11.1 Å². The first-order chi connectivity index (χ1) is 9.10. The highest BCUT2D eigenvalue weighted by atomic mass is 32.2. The molecule has 0 fully saturated rings. The Kier molecular flexibility index (Phi) is 4.12. The number of aryl methyl sites for hydroxylation is 1. The Balaban J connectivity index is 2.13. The summed E-state index contributed by atoms with van der Waals surface area (Å²) in [7, 11) is 0. The van der Waals surface area contributed by atoms with E-state index in [-0.39, 0.29) is 11.7 Å². The molecule has 0 unspecified atom stereocenters. The van der Waals surface area contributed by atoms with E-state index in [4.69, 9.17) is 0 Å².